The second-order valence-electron chi connectivity index (χ2n) is 8.05. The minimum atomic E-state index is -0.571. The molecule has 0 aromatic heterocycles. The molecule has 2 N–H and O–H groups in total. The Morgan fingerprint density at radius 1 is 1.07 bits per heavy atom. The van der Waals surface area contributed by atoms with E-state index in [0.717, 1.165) is 37.7 Å². The first-order valence-corrected chi connectivity index (χ1v) is 10.4. The van der Waals surface area contributed by atoms with Gasteiger partial charge in [0, 0.05) is 31.1 Å². The number of rotatable bonds is 7. The fourth-order valence-electron chi connectivity index (χ4n) is 3.73. The van der Waals surface area contributed by atoms with Crippen molar-refractivity contribution in [1.82, 2.24) is 15.5 Å². The molecule has 152 valence electrons. The van der Waals surface area contributed by atoms with Crippen molar-refractivity contribution in [3.8, 4) is 0 Å². The Morgan fingerprint density at radius 3 is 2.29 bits per heavy atom. The summed E-state index contributed by atoms with van der Waals surface area (Å²) in [5.74, 6) is 0.160. The fourth-order valence-corrected chi connectivity index (χ4v) is 3.73. The zero-order valence-electron chi connectivity index (χ0n) is 16.9. The third kappa shape index (κ3) is 5.12. The summed E-state index contributed by atoms with van der Waals surface area (Å²) in [4.78, 5) is 39.7. The number of likely N-dealkylation sites (tertiary alicyclic amines) is 1. The van der Waals surface area contributed by atoms with Gasteiger partial charge in [-0.15, -0.1) is 0 Å². The summed E-state index contributed by atoms with van der Waals surface area (Å²) in [5, 5.41) is 5.88. The molecule has 6 nitrogen and oxygen atoms in total. The van der Waals surface area contributed by atoms with Gasteiger partial charge < -0.3 is 15.5 Å². The zero-order valence-corrected chi connectivity index (χ0v) is 16.9. The van der Waals surface area contributed by atoms with E-state index in [9.17, 15) is 14.4 Å². The highest BCUT2D eigenvalue weighted by Crippen LogP contribution is 2.33. The van der Waals surface area contributed by atoms with Gasteiger partial charge in [0.15, 0.2) is 0 Å². The summed E-state index contributed by atoms with van der Waals surface area (Å²) < 4.78 is 0. The summed E-state index contributed by atoms with van der Waals surface area (Å²) >= 11 is 0. The molecule has 0 radical (unpaired) electrons. The van der Waals surface area contributed by atoms with Crippen LogP contribution in [-0.4, -0.2) is 48.3 Å². The first-order valence-electron chi connectivity index (χ1n) is 10.4. The normalized spacial score (nSPS) is 18.4. The second kappa shape index (κ2) is 9.22. The van der Waals surface area contributed by atoms with Crippen LogP contribution in [0.25, 0.3) is 0 Å². The van der Waals surface area contributed by atoms with E-state index in [1.54, 1.807) is 12.1 Å². The highest BCUT2D eigenvalue weighted by molar-refractivity contribution is 5.97. The standard InChI is InChI=1S/C22H31N3O3/c1-3-12-23-21(27)19(24-20(26)17-6-4-15(2)5-7-17)16-10-13-25(14-11-16)22(28)18-8-9-18/h4-7,16,18-19H,3,8-14H2,1-2H3,(H,23,27)(H,24,26)/t19-/m1/s1. The first-order chi connectivity index (χ1) is 13.5. The third-order valence-electron chi connectivity index (χ3n) is 5.68. The Bertz CT molecular complexity index is 704. The van der Waals surface area contributed by atoms with Crippen LogP contribution in [0, 0.1) is 18.8 Å². The molecule has 0 spiro atoms. The quantitative estimate of drug-likeness (QED) is 0.756. The number of hydrogen-bond acceptors (Lipinski definition) is 3. The average molecular weight is 386 g/mol. The van der Waals surface area contributed by atoms with Gasteiger partial charge in [-0.25, -0.2) is 0 Å². The Kier molecular flexibility index (Phi) is 6.70. The molecule has 1 aromatic rings. The molecule has 1 aromatic carbocycles. The van der Waals surface area contributed by atoms with Gasteiger partial charge >= 0.3 is 0 Å². The monoisotopic (exact) mass is 385 g/mol. The van der Waals surface area contributed by atoms with E-state index in [0.29, 0.717) is 25.2 Å². The zero-order chi connectivity index (χ0) is 20.1. The van der Waals surface area contributed by atoms with Crippen LogP contribution in [0.1, 0.15) is 54.9 Å². The van der Waals surface area contributed by atoms with Gasteiger partial charge in [0.1, 0.15) is 6.04 Å². The first kappa shape index (κ1) is 20.4. The predicted octanol–water partition coefficient (Wildman–Crippen LogP) is 2.27. The van der Waals surface area contributed by atoms with E-state index in [4.69, 9.17) is 0 Å². The van der Waals surface area contributed by atoms with Crippen molar-refractivity contribution in [3.63, 3.8) is 0 Å². The minimum absolute atomic E-state index is 0.0366. The van der Waals surface area contributed by atoms with Crippen molar-refractivity contribution in [1.29, 1.82) is 0 Å². The van der Waals surface area contributed by atoms with Crippen LogP contribution < -0.4 is 10.6 Å². The maximum absolute atomic E-state index is 12.7. The number of carbonyl (C=O) groups excluding carboxylic acids is 3. The van der Waals surface area contributed by atoms with Crippen LogP contribution in [0.15, 0.2) is 24.3 Å². The van der Waals surface area contributed by atoms with E-state index in [1.165, 1.54) is 0 Å². The van der Waals surface area contributed by atoms with Crippen molar-refractivity contribution >= 4 is 17.7 Å². The molecule has 2 aliphatic rings. The maximum Gasteiger partial charge on any atom is 0.251 e. The minimum Gasteiger partial charge on any atom is -0.354 e. The lowest BCUT2D eigenvalue weighted by Gasteiger charge is -2.36. The van der Waals surface area contributed by atoms with Gasteiger partial charge in [0.25, 0.3) is 5.91 Å². The topological polar surface area (TPSA) is 78.5 Å². The Morgan fingerprint density at radius 2 is 1.71 bits per heavy atom. The number of aryl methyl sites for hydroxylation is 1. The summed E-state index contributed by atoms with van der Waals surface area (Å²) in [6.45, 7) is 5.90. The lowest BCUT2D eigenvalue weighted by Crippen LogP contribution is -2.54. The van der Waals surface area contributed by atoms with Crippen molar-refractivity contribution in [2.24, 2.45) is 11.8 Å². The number of carbonyl (C=O) groups is 3. The summed E-state index contributed by atoms with van der Waals surface area (Å²) in [7, 11) is 0. The largest absolute Gasteiger partial charge is 0.354 e. The lowest BCUT2D eigenvalue weighted by molar-refractivity contribution is -0.134. The van der Waals surface area contributed by atoms with Gasteiger partial charge in [-0.1, -0.05) is 24.6 Å². The highest BCUT2D eigenvalue weighted by Gasteiger charge is 2.38. The molecule has 1 atom stereocenters. The van der Waals surface area contributed by atoms with Crippen molar-refractivity contribution in [3.05, 3.63) is 35.4 Å². The smallest absolute Gasteiger partial charge is 0.251 e. The maximum atomic E-state index is 12.7. The van der Waals surface area contributed by atoms with Gasteiger partial charge in [-0.2, -0.15) is 0 Å². The van der Waals surface area contributed by atoms with Crippen molar-refractivity contribution < 1.29 is 14.4 Å². The molecule has 6 heteroatoms. The highest BCUT2D eigenvalue weighted by atomic mass is 16.2. The molecule has 0 unspecified atom stereocenters. The molecule has 3 rings (SSSR count). The van der Waals surface area contributed by atoms with Crippen LogP contribution in [0.5, 0.6) is 0 Å². The van der Waals surface area contributed by atoms with E-state index in [2.05, 4.69) is 10.6 Å². The van der Waals surface area contributed by atoms with Crippen LogP contribution in [0.4, 0.5) is 0 Å². The molecule has 3 amide bonds. The summed E-state index contributed by atoms with van der Waals surface area (Å²) in [5.41, 5.74) is 1.64. The van der Waals surface area contributed by atoms with Gasteiger partial charge in [-0.3, -0.25) is 14.4 Å². The van der Waals surface area contributed by atoms with Crippen molar-refractivity contribution in [2.75, 3.05) is 19.6 Å². The molecular weight excluding hydrogens is 354 g/mol. The van der Waals surface area contributed by atoms with E-state index < -0.39 is 6.04 Å². The lowest BCUT2D eigenvalue weighted by atomic mass is 9.88. The van der Waals surface area contributed by atoms with Gasteiger partial charge in [0.05, 0.1) is 0 Å². The molecule has 1 aliphatic carbocycles. The van der Waals surface area contributed by atoms with Crippen LogP contribution in [0.3, 0.4) is 0 Å². The molecular formula is C22H31N3O3. The molecule has 0 bridgehead atoms. The third-order valence-corrected chi connectivity index (χ3v) is 5.68. The number of amides is 3. The van der Waals surface area contributed by atoms with E-state index >= 15 is 0 Å². The van der Waals surface area contributed by atoms with Crippen LogP contribution in [0.2, 0.25) is 0 Å². The number of benzene rings is 1. The fraction of sp³-hybridized carbons (Fsp3) is 0.591. The summed E-state index contributed by atoms with van der Waals surface area (Å²) in [6.07, 6.45) is 4.33. The number of hydrogen-bond donors (Lipinski definition) is 2. The average Bonchev–Trinajstić information content (AvgIpc) is 3.55. The second-order valence-corrected chi connectivity index (χ2v) is 8.05. The van der Waals surface area contributed by atoms with Crippen LogP contribution >= 0.6 is 0 Å². The molecule has 2 fully saturated rings. The summed E-state index contributed by atoms with van der Waals surface area (Å²) in [6, 6.07) is 6.77. The Balaban J connectivity index is 1.64. The number of piperidine rings is 1. The van der Waals surface area contributed by atoms with Crippen molar-refractivity contribution in [2.45, 2.75) is 52.0 Å². The van der Waals surface area contributed by atoms with Gasteiger partial charge in [0.2, 0.25) is 11.8 Å². The molecule has 1 aliphatic heterocycles. The van der Waals surface area contributed by atoms with E-state index in [1.807, 2.05) is 30.9 Å². The van der Waals surface area contributed by atoms with Gasteiger partial charge in [-0.05, 0) is 57.1 Å². The SMILES string of the molecule is CCCNC(=O)[C@H](NC(=O)c1ccc(C)cc1)C1CCN(C(=O)C2CC2)CC1. The van der Waals surface area contributed by atoms with E-state index in [-0.39, 0.29) is 29.6 Å². The molecule has 1 heterocycles. The molecule has 1 saturated heterocycles. The molecule has 1 saturated carbocycles. The predicted molar refractivity (Wildman–Crippen MR) is 108 cm³/mol. The molecule has 28 heavy (non-hydrogen) atoms. The Labute approximate surface area is 167 Å². The number of nitrogens with one attached hydrogen (secondary N) is 2. The van der Waals surface area contributed by atoms with Crippen LogP contribution in [-0.2, 0) is 9.59 Å². The Hall–Kier alpha value is -2.37. The number of nitrogens with zero attached hydrogens (tertiary/aromatic N) is 1.